The van der Waals surface area contributed by atoms with Crippen LogP contribution >= 0.6 is 0 Å². The highest BCUT2D eigenvalue weighted by molar-refractivity contribution is 5.86. The number of ether oxygens (including phenoxy) is 1. The first-order valence-corrected chi connectivity index (χ1v) is 6.33. The summed E-state index contributed by atoms with van der Waals surface area (Å²) >= 11 is 0. The van der Waals surface area contributed by atoms with Crippen molar-refractivity contribution in [3.05, 3.63) is 17.7 Å². The minimum atomic E-state index is 0.530. The lowest BCUT2D eigenvalue weighted by atomic mass is 10.1. The van der Waals surface area contributed by atoms with E-state index in [1.807, 2.05) is 45.0 Å². The fraction of sp³-hybridized carbons (Fsp3) is 0.500. The van der Waals surface area contributed by atoms with Crippen LogP contribution < -0.4 is 14.7 Å². The van der Waals surface area contributed by atoms with Crippen molar-refractivity contribution in [3.63, 3.8) is 0 Å². The number of benzene rings is 1. The first kappa shape index (κ1) is 15.3. The number of carbonyl (C=O) groups excluding carboxylic acids is 1. The molecule has 0 aliphatic rings. The second-order valence-corrected chi connectivity index (χ2v) is 4.21. The van der Waals surface area contributed by atoms with Crippen molar-refractivity contribution in [2.75, 3.05) is 44.3 Å². The average molecular weight is 266 g/mol. The maximum atomic E-state index is 11.1. The lowest BCUT2D eigenvalue weighted by Crippen LogP contribution is -2.25. The van der Waals surface area contributed by atoms with Crippen LogP contribution in [0.25, 0.3) is 0 Å². The maximum Gasteiger partial charge on any atom is 0.153 e. The summed E-state index contributed by atoms with van der Waals surface area (Å²) in [7, 11) is 5.41. The predicted octanol–water partition coefficient (Wildman–Crippen LogP) is 2.35. The van der Waals surface area contributed by atoms with Crippen LogP contribution in [-0.2, 0) is 4.84 Å². The normalized spacial score (nSPS) is 10.2. The first-order valence-electron chi connectivity index (χ1n) is 6.33. The van der Waals surface area contributed by atoms with Gasteiger partial charge in [-0.05, 0) is 19.9 Å². The van der Waals surface area contributed by atoms with E-state index >= 15 is 0 Å². The number of methoxy groups -OCH3 is 1. The van der Waals surface area contributed by atoms with Crippen LogP contribution in [0.1, 0.15) is 24.2 Å². The van der Waals surface area contributed by atoms with Crippen molar-refractivity contribution in [2.24, 2.45) is 0 Å². The molecule has 0 radical (unpaired) electrons. The third kappa shape index (κ3) is 3.38. The van der Waals surface area contributed by atoms with E-state index in [2.05, 4.69) is 0 Å². The number of hydroxylamine groups is 1. The number of aldehydes is 1. The van der Waals surface area contributed by atoms with Gasteiger partial charge in [-0.15, -0.1) is 0 Å². The molecule has 106 valence electrons. The van der Waals surface area contributed by atoms with E-state index < -0.39 is 0 Å². The van der Waals surface area contributed by atoms with Gasteiger partial charge in [0.2, 0.25) is 0 Å². The molecule has 0 aliphatic heterocycles. The van der Waals surface area contributed by atoms with Gasteiger partial charge in [0.05, 0.1) is 30.7 Å². The van der Waals surface area contributed by atoms with Crippen molar-refractivity contribution in [1.82, 2.24) is 0 Å². The van der Waals surface area contributed by atoms with E-state index in [-0.39, 0.29) is 0 Å². The van der Waals surface area contributed by atoms with Crippen molar-refractivity contribution in [3.8, 4) is 5.75 Å². The predicted molar refractivity (Wildman–Crippen MR) is 77.4 cm³/mol. The van der Waals surface area contributed by atoms with Crippen LogP contribution in [0.15, 0.2) is 12.1 Å². The second kappa shape index (κ2) is 6.99. The smallest absolute Gasteiger partial charge is 0.153 e. The summed E-state index contributed by atoms with van der Waals surface area (Å²) in [6.07, 6.45) is 0.798. The van der Waals surface area contributed by atoms with E-state index in [0.717, 1.165) is 17.7 Å². The van der Waals surface area contributed by atoms with E-state index in [4.69, 9.17) is 9.57 Å². The Kier molecular flexibility index (Phi) is 5.63. The van der Waals surface area contributed by atoms with Gasteiger partial charge in [-0.1, -0.05) is 0 Å². The summed E-state index contributed by atoms with van der Waals surface area (Å²) in [6, 6.07) is 3.64. The lowest BCUT2D eigenvalue weighted by Gasteiger charge is -2.27. The molecular formula is C14H22N2O3. The summed E-state index contributed by atoms with van der Waals surface area (Å²) < 4.78 is 5.25. The number of nitrogens with zero attached hydrogens (tertiary/aromatic N) is 2. The molecule has 0 unspecified atom stereocenters. The zero-order valence-corrected chi connectivity index (χ0v) is 12.3. The van der Waals surface area contributed by atoms with Gasteiger partial charge in [-0.2, -0.15) is 0 Å². The van der Waals surface area contributed by atoms with E-state index in [9.17, 15) is 4.79 Å². The number of anilines is 2. The summed E-state index contributed by atoms with van der Waals surface area (Å²) in [5.74, 6) is 0.550. The van der Waals surface area contributed by atoms with Crippen molar-refractivity contribution in [2.45, 2.75) is 13.8 Å². The zero-order valence-electron chi connectivity index (χ0n) is 12.3. The van der Waals surface area contributed by atoms with Crippen molar-refractivity contribution < 1.29 is 14.4 Å². The van der Waals surface area contributed by atoms with E-state index in [1.165, 1.54) is 0 Å². The van der Waals surface area contributed by atoms with Crippen molar-refractivity contribution >= 4 is 17.7 Å². The van der Waals surface area contributed by atoms with Gasteiger partial charge in [-0.3, -0.25) is 14.7 Å². The SMILES string of the molecule is CCON(CC)c1cc(OC)c(C=O)cc1N(C)C. The van der Waals surface area contributed by atoms with Crippen LogP contribution in [0.5, 0.6) is 5.75 Å². The Labute approximate surface area is 114 Å². The van der Waals surface area contributed by atoms with Gasteiger partial charge in [0.25, 0.3) is 0 Å². The fourth-order valence-electron chi connectivity index (χ4n) is 1.89. The van der Waals surface area contributed by atoms with Crippen LogP contribution in [0.4, 0.5) is 11.4 Å². The molecule has 1 rings (SSSR count). The quantitative estimate of drug-likeness (QED) is 0.560. The second-order valence-electron chi connectivity index (χ2n) is 4.21. The first-order chi connectivity index (χ1) is 9.08. The average Bonchev–Trinajstić information content (AvgIpc) is 2.43. The Bertz CT molecular complexity index is 433. The van der Waals surface area contributed by atoms with Crippen molar-refractivity contribution in [1.29, 1.82) is 0 Å². The Hall–Kier alpha value is -1.75. The van der Waals surface area contributed by atoms with Gasteiger partial charge in [0.1, 0.15) is 5.75 Å². The largest absolute Gasteiger partial charge is 0.496 e. The number of rotatable bonds is 7. The highest BCUT2D eigenvalue weighted by atomic mass is 16.7. The number of carbonyl (C=O) groups is 1. The Morgan fingerprint density at radius 1 is 1.21 bits per heavy atom. The molecule has 0 saturated carbocycles. The van der Waals surface area contributed by atoms with Gasteiger partial charge < -0.3 is 9.64 Å². The molecule has 0 N–H and O–H groups in total. The van der Waals surface area contributed by atoms with E-state index in [0.29, 0.717) is 24.5 Å². The number of hydrogen-bond donors (Lipinski definition) is 0. The Balaban J connectivity index is 3.37. The molecule has 19 heavy (non-hydrogen) atoms. The minimum absolute atomic E-state index is 0.530. The minimum Gasteiger partial charge on any atom is -0.496 e. The highest BCUT2D eigenvalue weighted by Gasteiger charge is 2.16. The van der Waals surface area contributed by atoms with Gasteiger partial charge >= 0.3 is 0 Å². The molecule has 5 heteroatoms. The molecular weight excluding hydrogens is 244 g/mol. The molecule has 0 heterocycles. The lowest BCUT2D eigenvalue weighted by molar-refractivity contribution is 0.111. The molecule has 5 nitrogen and oxygen atoms in total. The molecule has 0 aromatic heterocycles. The number of hydrogen-bond acceptors (Lipinski definition) is 5. The molecule has 0 atom stereocenters. The fourth-order valence-corrected chi connectivity index (χ4v) is 1.89. The monoisotopic (exact) mass is 266 g/mol. The third-order valence-electron chi connectivity index (χ3n) is 2.78. The van der Waals surface area contributed by atoms with E-state index in [1.54, 1.807) is 12.2 Å². The van der Waals surface area contributed by atoms with Crippen LogP contribution in [0.2, 0.25) is 0 Å². The van der Waals surface area contributed by atoms with Gasteiger partial charge in [0, 0.05) is 26.7 Å². The highest BCUT2D eigenvalue weighted by Crippen LogP contribution is 2.34. The molecule has 1 aromatic carbocycles. The maximum absolute atomic E-state index is 11.1. The van der Waals surface area contributed by atoms with Gasteiger partial charge in [0.15, 0.2) is 6.29 Å². The van der Waals surface area contributed by atoms with Crippen LogP contribution in [0, 0.1) is 0 Å². The summed E-state index contributed by atoms with van der Waals surface area (Å²) in [4.78, 5) is 18.6. The third-order valence-corrected chi connectivity index (χ3v) is 2.78. The summed E-state index contributed by atoms with van der Waals surface area (Å²) in [5.41, 5.74) is 2.33. The molecule has 1 aromatic rings. The zero-order chi connectivity index (χ0) is 14.4. The van der Waals surface area contributed by atoms with Gasteiger partial charge in [-0.25, -0.2) is 0 Å². The molecule has 0 amide bonds. The molecule has 0 fully saturated rings. The standard InChI is InChI=1S/C14H22N2O3/c1-6-16(19-7-2)13-9-14(18-5)11(10-17)8-12(13)15(3)4/h8-10H,6-7H2,1-5H3. The Morgan fingerprint density at radius 2 is 1.89 bits per heavy atom. The Morgan fingerprint density at radius 3 is 2.32 bits per heavy atom. The molecule has 0 spiro atoms. The molecule has 0 aliphatic carbocycles. The summed E-state index contributed by atoms with van der Waals surface area (Å²) in [5, 5.41) is 1.80. The topological polar surface area (TPSA) is 42.0 Å². The van der Waals surface area contributed by atoms with Crippen LogP contribution in [0.3, 0.4) is 0 Å². The molecule has 0 bridgehead atoms. The molecule has 0 saturated heterocycles. The summed E-state index contributed by atoms with van der Waals surface area (Å²) in [6.45, 7) is 5.24. The van der Waals surface area contributed by atoms with Crippen LogP contribution in [-0.4, -0.2) is 40.6 Å².